The van der Waals surface area contributed by atoms with Gasteiger partial charge in [0.15, 0.2) is 6.29 Å². The fourth-order valence-electron chi connectivity index (χ4n) is 1.31. The van der Waals surface area contributed by atoms with E-state index in [1.165, 1.54) is 5.57 Å². The van der Waals surface area contributed by atoms with Crippen molar-refractivity contribution in [3.05, 3.63) is 23.3 Å². The summed E-state index contributed by atoms with van der Waals surface area (Å²) in [4.78, 5) is 10.0. The molecule has 0 saturated carbocycles. The van der Waals surface area contributed by atoms with E-state index >= 15 is 0 Å². The summed E-state index contributed by atoms with van der Waals surface area (Å²) in [6.07, 6.45) is 6.64. The van der Waals surface area contributed by atoms with E-state index in [1.807, 2.05) is 27.7 Å². The van der Waals surface area contributed by atoms with Crippen LogP contribution in [0.3, 0.4) is 0 Å². The normalized spacial score (nSPS) is 10.8. The minimum Gasteiger partial charge on any atom is -0.353 e. The van der Waals surface area contributed by atoms with Gasteiger partial charge in [-0.2, -0.15) is 0 Å². The molecule has 0 fully saturated rings. The Morgan fingerprint density at radius 1 is 1.11 bits per heavy atom. The van der Waals surface area contributed by atoms with Crippen LogP contribution in [-0.4, -0.2) is 25.8 Å². The maximum absolute atomic E-state index is 10.0. The fourth-order valence-corrected chi connectivity index (χ4v) is 1.31. The van der Waals surface area contributed by atoms with Crippen LogP contribution in [0.2, 0.25) is 0 Å². The smallest absolute Gasteiger partial charge is 0.154 e. The lowest BCUT2D eigenvalue weighted by molar-refractivity contribution is -0.123. The summed E-state index contributed by atoms with van der Waals surface area (Å²) in [5.74, 6) is 0. The molecule has 0 aromatic carbocycles. The van der Waals surface area contributed by atoms with Gasteiger partial charge in [-0.3, -0.25) is 4.79 Å². The van der Waals surface area contributed by atoms with Crippen LogP contribution in [0.5, 0.6) is 0 Å². The minimum atomic E-state index is -0.0370. The fraction of sp³-hybridized carbons (Fsp3) is 0.688. The van der Waals surface area contributed by atoms with E-state index in [0.717, 1.165) is 37.9 Å². The maximum Gasteiger partial charge on any atom is 0.154 e. The van der Waals surface area contributed by atoms with Crippen molar-refractivity contribution in [1.82, 2.24) is 0 Å². The number of hydrogen-bond donors (Lipinski definition) is 0. The SMILES string of the molecule is CC(C)=CCC/C(C)=C/C=O.CCOC(C)OCC. The zero-order valence-corrected chi connectivity index (χ0v) is 13.4. The van der Waals surface area contributed by atoms with E-state index in [1.54, 1.807) is 6.08 Å². The Balaban J connectivity index is 0. The molecule has 0 spiro atoms. The van der Waals surface area contributed by atoms with Crippen LogP contribution in [0.15, 0.2) is 23.3 Å². The highest BCUT2D eigenvalue weighted by Crippen LogP contribution is 2.05. The molecule has 0 aliphatic carbocycles. The third-order valence-electron chi connectivity index (χ3n) is 2.25. The molecule has 3 heteroatoms. The van der Waals surface area contributed by atoms with Crippen molar-refractivity contribution in [3.63, 3.8) is 0 Å². The quantitative estimate of drug-likeness (QED) is 0.286. The standard InChI is InChI=1S/C10H16O.C6H14O2/c1-9(2)5-4-6-10(3)7-8-11;1-4-7-6(3)8-5-2/h5,7-8H,4,6H2,1-3H3;6H,4-5H2,1-3H3/b10-7+;. The molecular formula is C16H30O3. The van der Waals surface area contributed by atoms with Gasteiger partial charge in [-0.25, -0.2) is 0 Å². The molecule has 0 amide bonds. The largest absolute Gasteiger partial charge is 0.353 e. The van der Waals surface area contributed by atoms with Crippen LogP contribution in [-0.2, 0) is 14.3 Å². The lowest BCUT2D eigenvalue weighted by atomic mass is 10.1. The summed E-state index contributed by atoms with van der Waals surface area (Å²) in [5, 5.41) is 0. The summed E-state index contributed by atoms with van der Waals surface area (Å²) in [6, 6.07) is 0. The molecule has 0 bridgehead atoms. The van der Waals surface area contributed by atoms with Gasteiger partial charge < -0.3 is 9.47 Å². The number of allylic oxidation sites excluding steroid dienone is 4. The molecule has 112 valence electrons. The molecule has 0 unspecified atom stereocenters. The van der Waals surface area contributed by atoms with E-state index < -0.39 is 0 Å². The number of carbonyl (C=O) groups excluding carboxylic acids is 1. The minimum absolute atomic E-state index is 0.0370. The van der Waals surface area contributed by atoms with Crippen molar-refractivity contribution >= 4 is 6.29 Å². The molecule has 0 aromatic rings. The second-order valence-electron chi connectivity index (χ2n) is 4.45. The molecule has 0 aliphatic heterocycles. The van der Waals surface area contributed by atoms with Gasteiger partial charge in [-0.15, -0.1) is 0 Å². The Kier molecular flexibility index (Phi) is 16.2. The lowest BCUT2D eigenvalue weighted by Gasteiger charge is -2.09. The molecule has 0 aromatic heterocycles. The molecule has 3 nitrogen and oxygen atoms in total. The van der Waals surface area contributed by atoms with Gasteiger partial charge in [0.25, 0.3) is 0 Å². The second kappa shape index (κ2) is 15.1. The summed E-state index contributed by atoms with van der Waals surface area (Å²) in [5.41, 5.74) is 2.49. The monoisotopic (exact) mass is 270 g/mol. The first-order chi connectivity index (χ1) is 8.97. The zero-order chi connectivity index (χ0) is 15.1. The lowest BCUT2D eigenvalue weighted by Crippen LogP contribution is -2.11. The molecule has 0 aliphatic rings. The maximum atomic E-state index is 10.0. The van der Waals surface area contributed by atoms with E-state index in [-0.39, 0.29) is 6.29 Å². The van der Waals surface area contributed by atoms with Crippen LogP contribution in [0.1, 0.15) is 54.4 Å². The Hall–Kier alpha value is -0.930. The molecule has 19 heavy (non-hydrogen) atoms. The Morgan fingerprint density at radius 3 is 2.00 bits per heavy atom. The van der Waals surface area contributed by atoms with Gasteiger partial charge >= 0.3 is 0 Å². The molecule has 0 N–H and O–H groups in total. The van der Waals surface area contributed by atoms with Crippen LogP contribution in [0.4, 0.5) is 0 Å². The van der Waals surface area contributed by atoms with Gasteiger partial charge in [0, 0.05) is 13.2 Å². The third-order valence-corrected chi connectivity index (χ3v) is 2.25. The highest BCUT2D eigenvalue weighted by molar-refractivity contribution is 5.65. The zero-order valence-electron chi connectivity index (χ0n) is 13.4. The van der Waals surface area contributed by atoms with Crippen LogP contribution in [0, 0.1) is 0 Å². The molecule has 0 atom stereocenters. The number of rotatable bonds is 8. The Labute approximate surface area is 118 Å². The third kappa shape index (κ3) is 19.6. The summed E-state index contributed by atoms with van der Waals surface area (Å²) < 4.78 is 10.1. The van der Waals surface area contributed by atoms with Gasteiger partial charge in [0.1, 0.15) is 6.29 Å². The van der Waals surface area contributed by atoms with Crippen molar-refractivity contribution in [3.8, 4) is 0 Å². The number of carbonyl (C=O) groups is 1. The number of hydrogen-bond acceptors (Lipinski definition) is 3. The molecular weight excluding hydrogens is 240 g/mol. The first-order valence-corrected chi connectivity index (χ1v) is 6.95. The van der Waals surface area contributed by atoms with Crippen molar-refractivity contribution in [1.29, 1.82) is 0 Å². The van der Waals surface area contributed by atoms with E-state index in [2.05, 4.69) is 19.9 Å². The van der Waals surface area contributed by atoms with Crippen LogP contribution in [0.25, 0.3) is 0 Å². The van der Waals surface area contributed by atoms with Crippen molar-refractivity contribution in [2.45, 2.75) is 60.7 Å². The first kappa shape index (κ1) is 20.4. The average Bonchev–Trinajstić information content (AvgIpc) is 2.30. The predicted molar refractivity (Wildman–Crippen MR) is 81.2 cm³/mol. The Bertz CT molecular complexity index is 257. The highest BCUT2D eigenvalue weighted by atomic mass is 16.7. The van der Waals surface area contributed by atoms with Gasteiger partial charge in [-0.05, 0) is 60.5 Å². The van der Waals surface area contributed by atoms with Crippen LogP contribution < -0.4 is 0 Å². The van der Waals surface area contributed by atoms with Gasteiger partial charge in [0.05, 0.1) is 0 Å². The second-order valence-corrected chi connectivity index (χ2v) is 4.45. The van der Waals surface area contributed by atoms with E-state index in [0.29, 0.717) is 0 Å². The molecule has 0 saturated heterocycles. The van der Waals surface area contributed by atoms with E-state index in [4.69, 9.17) is 9.47 Å². The summed E-state index contributed by atoms with van der Waals surface area (Å²) in [6.45, 7) is 13.4. The van der Waals surface area contributed by atoms with E-state index in [9.17, 15) is 4.79 Å². The average molecular weight is 270 g/mol. The molecule has 0 radical (unpaired) electrons. The van der Waals surface area contributed by atoms with Crippen molar-refractivity contribution in [2.75, 3.05) is 13.2 Å². The number of aldehydes is 1. The predicted octanol–water partition coefficient (Wildman–Crippen LogP) is 4.28. The topological polar surface area (TPSA) is 35.5 Å². The Morgan fingerprint density at radius 2 is 1.63 bits per heavy atom. The van der Waals surface area contributed by atoms with Crippen molar-refractivity contribution < 1.29 is 14.3 Å². The summed E-state index contributed by atoms with van der Waals surface area (Å²) in [7, 11) is 0. The van der Waals surface area contributed by atoms with Gasteiger partial charge in [0.2, 0.25) is 0 Å². The summed E-state index contributed by atoms with van der Waals surface area (Å²) >= 11 is 0. The van der Waals surface area contributed by atoms with Crippen LogP contribution >= 0.6 is 0 Å². The van der Waals surface area contributed by atoms with Crippen molar-refractivity contribution in [2.24, 2.45) is 0 Å². The number of ether oxygens (including phenoxy) is 2. The molecule has 0 heterocycles. The highest BCUT2D eigenvalue weighted by Gasteiger charge is 1.94. The molecule has 0 rings (SSSR count). The first-order valence-electron chi connectivity index (χ1n) is 6.95. The van der Waals surface area contributed by atoms with Gasteiger partial charge in [-0.1, -0.05) is 17.2 Å².